The molecule has 0 unspecified atom stereocenters. The summed E-state index contributed by atoms with van der Waals surface area (Å²) in [5.74, 6) is 0. The second kappa shape index (κ2) is 6.74. The molecule has 0 aliphatic rings. The molecule has 0 aromatic heterocycles. The quantitative estimate of drug-likeness (QED) is 0.505. The molecule has 0 fully saturated rings. The Balaban J connectivity index is 2.64. The summed E-state index contributed by atoms with van der Waals surface area (Å²) in [7, 11) is 0.278. The van der Waals surface area contributed by atoms with Gasteiger partial charge in [-0.3, -0.25) is 0 Å². The fourth-order valence-electron chi connectivity index (χ4n) is 1.70. The van der Waals surface area contributed by atoms with Gasteiger partial charge in [0, 0.05) is 12.2 Å². The first-order valence-corrected chi connectivity index (χ1v) is 7.66. The highest BCUT2D eigenvalue weighted by Crippen LogP contribution is 2.22. The summed E-state index contributed by atoms with van der Waals surface area (Å²) in [4.78, 5) is 2.15. The Kier molecular flexibility index (Phi) is 5.59. The normalized spacial score (nSPS) is 11.8. The maximum Gasteiger partial charge on any atom is 0.240 e. The second-order valence-electron chi connectivity index (χ2n) is 4.74. The fraction of sp³-hybridized carbons (Fsp3) is 0.500. The minimum atomic E-state index is -3.76. The Hall–Kier alpha value is -1.31. The van der Waals surface area contributed by atoms with E-state index in [0.29, 0.717) is 17.9 Å². The zero-order valence-corrected chi connectivity index (χ0v) is 12.2. The summed E-state index contributed by atoms with van der Waals surface area (Å²) in [6.07, 6.45) is 1.99. The van der Waals surface area contributed by atoms with E-state index in [2.05, 4.69) is 10.2 Å². The topological polar surface area (TPSA) is 101 Å². The number of hydrogen-bond donors (Lipinski definition) is 3. The Bertz CT molecular complexity index is 514. The van der Waals surface area contributed by atoms with Gasteiger partial charge in [0.05, 0.1) is 5.69 Å². The zero-order chi connectivity index (χ0) is 14.5. The number of benzene rings is 1. The van der Waals surface area contributed by atoms with E-state index < -0.39 is 10.0 Å². The maximum atomic E-state index is 11.5. The standard InChI is InChI=1S/C12H22N4O2S/c1-16(2)8-4-3-7-15-11-6-5-10(13)9-12(11)19(14,17)18/h5-6,9,15H,3-4,7-8,13H2,1-2H3,(H2,14,17,18). The fourth-order valence-corrected chi connectivity index (χ4v) is 2.44. The average Bonchev–Trinajstić information content (AvgIpc) is 2.28. The second-order valence-corrected chi connectivity index (χ2v) is 6.27. The third kappa shape index (κ3) is 5.46. The van der Waals surface area contributed by atoms with Crippen LogP contribution in [0.15, 0.2) is 23.1 Å². The lowest BCUT2D eigenvalue weighted by molar-refractivity contribution is 0.396. The first-order valence-electron chi connectivity index (χ1n) is 6.11. The molecule has 0 saturated carbocycles. The molecule has 19 heavy (non-hydrogen) atoms. The summed E-state index contributed by atoms with van der Waals surface area (Å²) in [6.45, 7) is 1.70. The first kappa shape index (κ1) is 15.7. The highest BCUT2D eigenvalue weighted by molar-refractivity contribution is 7.89. The average molecular weight is 286 g/mol. The Morgan fingerprint density at radius 3 is 2.53 bits per heavy atom. The SMILES string of the molecule is CN(C)CCCCNc1ccc(N)cc1S(N)(=O)=O. The third-order valence-corrected chi connectivity index (χ3v) is 3.61. The van der Waals surface area contributed by atoms with Crippen LogP contribution < -0.4 is 16.2 Å². The lowest BCUT2D eigenvalue weighted by Crippen LogP contribution is -2.17. The molecular weight excluding hydrogens is 264 g/mol. The van der Waals surface area contributed by atoms with Crippen LogP contribution in [-0.2, 0) is 10.0 Å². The lowest BCUT2D eigenvalue weighted by atomic mass is 10.2. The smallest absolute Gasteiger partial charge is 0.240 e. The Labute approximate surface area is 114 Å². The van der Waals surface area contributed by atoms with Gasteiger partial charge in [0.1, 0.15) is 4.90 Å². The summed E-state index contributed by atoms with van der Waals surface area (Å²) >= 11 is 0. The molecule has 0 atom stereocenters. The van der Waals surface area contributed by atoms with Crippen molar-refractivity contribution in [3.63, 3.8) is 0 Å². The molecule has 0 amide bonds. The number of primary sulfonamides is 1. The van der Waals surface area contributed by atoms with Crippen LogP contribution in [0.25, 0.3) is 0 Å². The molecule has 6 nitrogen and oxygen atoms in total. The van der Waals surface area contributed by atoms with Gasteiger partial charge >= 0.3 is 0 Å². The molecule has 7 heteroatoms. The van der Waals surface area contributed by atoms with E-state index in [9.17, 15) is 8.42 Å². The highest BCUT2D eigenvalue weighted by Gasteiger charge is 2.13. The molecule has 0 spiro atoms. The highest BCUT2D eigenvalue weighted by atomic mass is 32.2. The van der Waals surface area contributed by atoms with Gasteiger partial charge < -0.3 is 16.0 Å². The number of rotatable bonds is 7. The molecule has 0 heterocycles. The van der Waals surface area contributed by atoms with Crippen molar-refractivity contribution in [3.05, 3.63) is 18.2 Å². The largest absolute Gasteiger partial charge is 0.399 e. The minimum Gasteiger partial charge on any atom is -0.399 e. The summed E-state index contributed by atoms with van der Waals surface area (Å²) in [5, 5.41) is 8.25. The van der Waals surface area contributed by atoms with Gasteiger partial charge in [0.25, 0.3) is 0 Å². The number of unbranched alkanes of at least 4 members (excludes halogenated alkanes) is 1. The number of nitrogens with one attached hydrogen (secondary N) is 1. The van der Waals surface area contributed by atoms with Crippen molar-refractivity contribution in [3.8, 4) is 0 Å². The Morgan fingerprint density at radius 1 is 1.26 bits per heavy atom. The van der Waals surface area contributed by atoms with E-state index in [0.717, 1.165) is 19.4 Å². The minimum absolute atomic E-state index is 0.0418. The van der Waals surface area contributed by atoms with Gasteiger partial charge in [-0.2, -0.15) is 0 Å². The van der Waals surface area contributed by atoms with Gasteiger partial charge in [-0.1, -0.05) is 0 Å². The number of sulfonamides is 1. The van der Waals surface area contributed by atoms with Crippen molar-refractivity contribution in [2.75, 3.05) is 38.2 Å². The van der Waals surface area contributed by atoms with Crippen molar-refractivity contribution < 1.29 is 8.42 Å². The summed E-state index contributed by atoms with van der Waals surface area (Å²) in [6, 6.07) is 4.66. The van der Waals surface area contributed by atoms with Crippen molar-refractivity contribution in [1.82, 2.24) is 4.90 Å². The van der Waals surface area contributed by atoms with E-state index >= 15 is 0 Å². The predicted molar refractivity (Wildman–Crippen MR) is 78.5 cm³/mol. The van der Waals surface area contributed by atoms with Gasteiger partial charge in [-0.25, -0.2) is 13.6 Å². The van der Waals surface area contributed by atoms with Crippen molar-refractivity contribution >= 4 is 21.4 Å². The monoisotopic (exact) mass is 286 g/mol. The van der Waals surface area contributed by atoms with Gasteiger partial charge in [-0.05, 0) is 51.7 Å². The molecule has 0 bridgehead atoms. The van der Waals surface area contributed by atoms with Crippen LogP contribution >= 0.6 is 0 Å². The van der Waals surface area contributed by atoms with Crippen LogP contribution in [0.5, 0.6) is 0 Å². The third-order valence-electron chi connectivity index (χ3n) is 2.66. The van der Waals surface area contributed by atoms with Crippen LogP contribution in [-0.4, -0.2) is 40.5 Å². The molecular formula is C12H22N4O2S. The van der Waals surface area contributed by atoms with Crippen LogP contribution in [0, 0.1) is 0 Å². The van der Waals surface area contributed by atoms with Crippen LogP contribution in [0.1, 0.15) is 12.8 Å². The van der Waals surface area contributed by atoms with Crippen LogP contribution in [0.3, 0.4) is 0 Å². The number of nitrogen functional groups attached to an aromatic ring is 1. The van der Waals surface area contributed by atoms with Crippen molar-refractivity contribution in [2.24, 2.45) is 5.14 Å². The Morgan fingerprint density at radius 2 is 1.95 bits per heavy atom. The van der Waals surface area contributed by atoms with Gasteiger partial charge in [-0.15, -0.1) is 0 Å². The van der Waals surface area contributed by atoms with E-state index in [-0.39, 0.29) is 4.90 Å². The number of hydrogen-bond acceptors (Lipinski definition) is 5. The molecule has 1 aromatic rings. The predicted octanol–water partition coefficient (Wildman–Crippen LogP) is 0.670. The molecule has 0 aliphatic heterocycles. The van der Waals surface area contributed by atoms with E-state index in [1.54, 1.807) is 12.1 Å². The number of nitrogens with two attached hydrogens (primary N) is 2. The molecule has 5 N–H and O–H groups in total. The first-order chi connectivity index (χ1) is 8.80. The number of nitrogens with zero attached hydrogens (tertiary/aromatic N) is 1. The van der Waals surface area contributed by atoms with Gasteiger partial charge in [0.2, 0.25) is 10.0 Å². The maximum absolute atomic E-state index is 11.5. The van der Waals surface area contributed by atoms with Crippen LogP contribution in [0.4, 0.5) is 11.4 Å². The van der Waals surface area contributed by atoms with Crippen LogP contribution in [0.2, 0.25) is 0 Å². The molecule has 0 saturated heterocycles. The molecule has 1 rings (SSSR count). The van der Waals surface area contributed by atoms with Crippen molar-refractivity contribution in [2.45, 2.75) is 17.7 Å². The van der Waals surface area contributed by atoms with Gasteiger partial charge in [0.15, 0.2) is 0 Å². The van der Waals surface area contributed by atoms with E-state index in [1.165, 1.54) is 6.07 Å². The van der Waals surface area contributed by atoms with E-state index in [1.807, 2.05) is 14.1 Å². The number of anilines is 2. The lowest BCUT2D eigenvalue weighted by Gasteiger charge is -2.12. The molecule has 0 aliphatic carbocycles. The molecule has 1 aromatic carbocycles. The summed E-state index contributed by atoms with van der Waals surface area (Å²) in [5.41, 5.74) is 6.46. The van der Waals surface area contributed by atoms with E-state index in [4.69, 9.17) is 10.9 Å². The zero-order valence-electron chi connectivity index (χ0n) is 11.4. The molecule has 108 valence electrons. The van der Waals surface area contributed by atoms with Crippen molar-refractivity contribution in [1.29, 1.82) is 0 Å². The molecule has 0 radical (unpaired) electrons. The summed E-state index contributed by atoms with van der Waals surface area (Å²) < 4.78 is 22.9.